The molecule has 0 aliphatic rings. The van der Waals surface area contributed by atoms with Gasteiger partial charge < -0.3 is 14.5 Å². The Kier molecular flexibility index (Phi) is 5.88. The molecule has 3 aromatic heterocycles. The molecule has 0 spiro atoms. The number of methoxy groups -OCH3 is 1. The van der Waals surface area contributed by atoms with E-state index in [4.69, 9.17) is 9.15 Å². The first-order valence-electron chi connectivity index (χ1n) is 10.0. The topological polar surface area (TPSA) is 98.9 Å². The lowest BCUT2D eigenvalue weighted by atomic mass is 9.98. The van der Waals surface area contributed by atoms with Gasteiger partial charge in [0.05, 0.1) is 12.8 Å². The number of hydrogen-bond donors (Lipinski definition) is 1. The molecular formula is C23H24N6O2. The van der Waals surface area contributed by atoms with E-state index < -0.39 is 0 Å². The van der Waals surface area contributed by atoms with Crippen LogP contribution in [0.3, 0.4) is 0 Å². The van der Waals surface area contributed by atoms with E-state index in [1.54, 1.807) is 20.4 Å². The highest BCUT2D eigenvalue weighted by molar-refractivity contribution is 5.61. The predicted octanol–water partition coefficient (Wildman–Crippen LogP) is 4.43. The van der Waals surface area contributed by atoms with Gasteiger partial charge in [-0.2, -0.15) is 0 Å². The lowest BCUT2D eigenvalue weighted by Crippen LogP contribution is -2.12. The summed E-state index contributed by atoms with van der Waals surface area (Å²) in [5, 5.41) is 11.4. The van der Waals surface area contributed by atoms with Crippen molar-refractivity contribution in [2.45, 2.75) is 26.7 Å². The van der Waals surface area contributed by atoms with Gasteiger partial charge in [-0.3, -0.25) is 4.98 Å². The minimum Gasteiger partial charge on any atom is -0.496 e. The number of rotatable bonds is 7. The molecule has 0 amide bonds. The summed E-state index contributed by atoms with van der Waals surface area (Å²) in [5.41, 5.74) is 4.66. The summed E-state index contributed by atoms with van der Waals surface area (Å²) < 4.78 is 11.1. The Morgan fingerprint density at radius 2 is 1.84 bits per heavy atom. The van der Waals surface area contributed by atoms with E-state index in [9.17, 15) is 0 Å². The molecule has 0 aliphatic carbocycles. The third kappa shape index (κ3) is 4.69. The van der Waals surface area contributed by atoms with Crippen LogP contribution in [0.25, 0.3) is 22.7 Å². The van der Waals surface area contributed by atoms with Gasteiger partial charge in [0.2, 0.25) is 11.8 Å². The van der Waals surface area contributed by atoms with Gasteiger partial charge in [0.15, 0.2) is 0 Å². The van der Waals surface area contributed by atoms with Crippen molar-refractivity contribution in [1.29, 1.82) is 0 Å². The number of pyridine rings is 1. The van der Waals surface area contributed by atoms with Crippen LogP contribution in [-0.2, 0) is 0 Å². The van der Waals surface area contributed by atoms with Crippen LogP contribution < -0.4 is 10.1 Å². The zero-order valence-corrected chi connectivity index (χ0v) is 18.0. The Morgan fingerprint density at radius 3 is 2.55 bits per heavy atom. The van der Waals surface area contributed by atoms with E-state index >= 15 is 0 Å². The minimum atomic E-state index is 0.174. The number of aryl methyl sites for hydroxylation is 2. The first kappa shape index (κ1) is 20.5. The fraction of sp³-hybridized carbons (Fsp3) is 0.261. The molecule has 4 aromatic rings. The molecule has 3 heterocycles. The molecular weight excluding hydrogens is 392 g/mol. The highest BCUT2D eigenvalue weighted by Crippen LogP contribution is 2.31. The lowest BCUT2D eigenvalue weighted by Gasteiger charge is -2.17. The van der Waals surface area contributed by atoms with Crippen molar-refractivity contribution in [3.05, 3.63) is 66.1 Å². The van der Waals surface area contributed by atoms with Gasteiger partial charge in [0.25, 0.3) is 0 Å². The SMILES string of the molecule is COc1cc(-c2nnc(C)o2)ccc1C(C)CNc1cc(-c2ccc(C)nc2)ncn1. The number of hydrogen-bond acceptors (Lipinski definition) is 8. The highest BCUT2D eigenvalue weighted by Gasteiger charge is 2.15. The molecule has 0 fully saturated rings. The van der Waals surface area contributed by atoms with Gasteiger partial charge >= 0.3 is 0 Å². The average molecular weight is 416 g/mol. The third-order valence-corrected chi connectivity index (χ3v) is 5.00. The van der Waals surface area contributed by atoms with Crippen LogP contribution in [0.4, 0.5) is 5.82 Å². The highest BCUT2D eigenvalue weighted by atomic mass is 16.5. The normalized spacial score (nSPS) is 11.9. The van der Waals surface area contributed by atoms with Gasteiger partial charge in [-0.15, -0.1) is 10.2 Å². The number of nitrogens with zero attached hydrogens (tertiary/aromatic N) is 5. The zero-order chi connectivity index (χ0) is 21.8. The molecule has 8 nitrogen and oxygen atoms in total. The molecule has 1 atom stereocenters. The van der Waals surface area contributed by atoms with E-state index in [-0.39, 0.29) is 5.92 Å². The van der Waals surface area contributed by atoms with Gasteiger partial charge in [0, 0.05) is 48.5 Å². The van der Waals surface area contributed by atoms with Crippen molar-refractivity contribution < 1.29 is 9.15 Å². The summed E-state index contributed by atoms with van der Waals surface area (Å²) in [6.07, 6.45) is 3.38. The number of anilines is 1. The fourth-order valence-electron chi connectivity index (χ4n) is 3.26. The number of aromatic nitrogens is 5. The van der Waals surface area contributed by atoms with Crippen LogP contribution >= 0.6 is 0 Å². The summed E-state index contributed by atoms with van der Waals surface area (Å²) in [4.78, 5) is 13.0. The minimum absolute atomic E-state index is 0.174. The number of benzene rings is 1. The van der Waals surface area contributed by atoms with Crippen LogP contribution in [0.1, 0.15) is 30.0 Å². The molecule has 0 saturated heterocycles. The van der Waals surface area contributed by atoms with Crippen molar-refractivity contribution in [1.82, 2.24) is 25.1 Å². The van der Waals surface area contributed by atoms with Crippen LogP contribution in [0, 0.1) is 13.8 Å². The molecule has 1 unspecified atom stereocenters. The lowest BCUT2D eigenvalue weighted by molar-refractivity contribution is 0.407. The Labute approximate surface area is 180 Å². The summed E-state index contributed by atoms with van der Waals surface area (Å²) >= 11 is 0. The quantitative estimate of drug-likeness (QED) is 0.472. The second-order valence-corrected chi connectivity index (χ2v) is 7.34. The molecule has 0 bridgehead atoms. The van der Waals surface area contributed by atoms with Crippen molar-refractivity contribution >= 4 is 5.82 Å². The molecule has 8 heteroatoms. The average Bonchev–Trinajstić information content (AvgIpc) is 3.24. The van der Waals surface area contributed by atoms with E-state index in [0.717, 1.165) is 39.6 Å². The Hall–Kier alpha value is -3.81. The van der Waals surface area contributed by atoms with Crippen LogP contribution in [0.15, 0.2) is 53.3 Å². The smallest absolute Gasteiger partial charge is 0.247 e. The van der Waals surface area contributed by atoms with Gasteiger partial charge in [-0.05, 0) is 36.8 Å². The largest absolute Gasteiger partial charge is 0.496 e. The molecule has 1 N–H and O–H groups in total. The molecule has 31 heavy (non-hydrogen) atoms. The van der Waals surface area contributed by atoms with Crippen LogP contribution in [0.5, 0.6) is 5.75 Å². The zero-order valence-electron chi connectivity index (χ0n) is 18.0. The number of ether oxygens (including phenoxy) is 1. The van der Waals surface area contributed by atoms with Crippen LogP contribution in [0.2, 0.25) is 0 Å². The molecule has 1 aromatic carbocycles. The standard InChI is InChI=1S/C23H24N6O2/c1-14(19-8-7-17(9-21(19)30-4)23-29-28-16(3)31-23)11-25-22-10-20(26-13-27-22)18-6-5-15(2)24-12-18/h5-10,12-14H,11H2,1-4H3,(H,25,26,27). The maximum atomic E-state index is 5.62. The Morgan fingerprint density at radius 1 is 1.00 bits per heavy atom. The van der Waals surface area contributed by atoms with Crippen LogP contribution in [-0.4, -0.2) is 38.8 Å². The van der Waals surface area contributed by atoms with Gasteiger partial charge in [-0.25, -0.2) is 9.97 Å². The van der Waals surface area contributed by atoms with E-state index in [2.05, 4.69) is 37.4 Å². The Balaban J connectivity index is 1.48. The van der Waals surface area contributed by atoms with E-state index in [1.807, 2.05) is 49.5 Å². The van der Waals surface area contributed by atoms with Gasteiger partial charge in [-0.1, -0.05) is 13.0 Å². The third-order valence-electron chi connectivity index (χ3n) is 5.00. The molecule has 0 saturated carbocycles. The molecule has 158 valence electrons. The van der Waals surface area contributed by atoms with Crippen molar-refractivity contribution in [2.75, 3.05) is 19.0 Å². The summed E-state index contributed by atoms with van der Waals surface area (Å²) in [6, 6.07) is 11.8. The van der Waals surface area contributed by atoms with Crippen molar-refractivity contribution in [2.24, 2.45) is 0 Å². The van der Waals surface area contributed by atoms with Crippen molar-refractivity contribution in [3.8, 4) is 28.5 Å². The first-order chi connectivity index (χ1) is 15.0. The van der Waals surface area contributed by atoms with Crippen molar-refractivity contribution in [3.63, 3.8) is 0 Å². The second-order valence-electron chi connectivity index (χ2n) is 7.34. The maximum Gasteiger partial charge on any atom is 0.247 e. The summed E-state index contributed by atoms with van der Waals surface area (Å²) in [7, 11) is 1.66. The molecule has 4 rings (SSSR count). The van der Waals surface area contributed by atoms with E-state index in [1.165, 1.54) is 0 Å². The molecule has 0 aliphatic heterocycles. The Bertz CT molecular complexity index is 1170. The van der Waals surface area contributed by atoms with E-state index in [0.29, 0.717) is 18.3 Å². The number of nitrogens with one attached hydrogen (secondary N) is 1. The maximum absolute atomic E-state index is 5.62. The van der Waals surface area contributed by atoms with Gasteiger partial charge in [0.1, 0.15) is 17.9 Å². The first-order valence-corrected chi connectivity index (χ1v) is 10.0. The second kappa shape index (κ2) is 8.91. The predicted molar refractivity (Wildman–Crippen MR) is 118 cm³/mol. The summed E-state index contributed by atoms with van der Waals surface area (Å²) in [5.74, 6) is 2.72. The molecule has 0 radical (unpaired) electrons. The summed E-state index contributed by atoms with van der Waals surface area (Å²) in [6.45, 7) is 6.54. The monoisotopic (exact) mass is 416 g/mol. The fourth-order valence-corrected chi connectivity index (χ4v) is 3.26.